The maximum absolute atomic E-state index is 14.0. The number of amides is 2. The third-order valence-corrected chi connectivity index (χ3v) is 8.59. The van der Waals surface area contributed by atoms with Gasteiger partial charge in [-0.15, -0.1) is 0 Å². The van der Waals surface area contributed by atoms with E-state index in [2.05, 4.69) is 5.32 Å². The second-order valence-corrected chi connectivity index (χ2v) is 11.3. The molecule has 3 rings (SSSR count). The fraction of sp³-hybridized carbons (Fsp3) is 0.310. The van der Waals surface area contributed by atoms with Gasteiger partial charge in [-0.05, 0) is 60.9 Å². The van der Waals surface area contributed by atoms with E-state index in [0.717, 1.165) is 15.4 Å². The molecular weight excluding hydrogens is 554 g/mol. The zero-order chi connectivity index (χ0) is 29.4. The van der Waals surface area contributed by atoms with Crippen molar-refractivity contribution in [1.82, 2.24) is 10.2 Å². The van der Waals surface area contributed by atoms with Gasteiger partial charge in [-0.2, -0.15) is 0 Å². The summed E-state index contributed by atoms with van der Waals surface area (Å²) in [5, 5.41) is 3.03. The first kappa shape index (κ1) is 30.8. The van der Waals surface area contributed by atoms with Crippen molar-refractivity contribution < 1.29 is 27.5 Å². The lowest BCUT2D eigenvalue weighted by atomic mass is 10.1. The number of nitrogens with zero attached hydrogens (tertiary/aromatic N) is 2. The number of carbonyl (C=O) groups excluding carboxylic acids is 2. The molecule has 2 amide bonds. The van der Waals surface area contributed by atoms with E-state index < -0.39 is 28.5 Å². The number of aryl methyl sites for hydroxylation is 1. The average molecular weight is 588 g/mol. The van der Waals surface area contributed by atoms with Gasteiger partial charge in [0.15, 0.2) is 11.5 Å². The maximum Gasteiger partial charge on any atom is 0.264 e. The largest absolute Gasteiger partial charge is 0.493 e. The quantitative estimate of drug-likeness (QED) is 0.336. The Balaban J connectivity index is 2.10. The minimum Gasteiger partial charge on any atom is -0.493 e. The monoisotopic (exact) mass is 587 g/mol. The van der Waals surface area contributed by atoms with Crippen LogP contribution in [0.15, 0.2) is 71.6 Å². The lowest BCUT2D eigenvalue weighted by Gasteiger charge is -2.33. The summed E-state index contributed by atoms with van der Waals surface area (Å²) < 4.78 is 39.6. The summed E-state index contributed by atoms with van der Waals surface area (Å²) >= 11 is 6.08. The molecule has 0 saturated carbocycles. The topological polar surface area (TPSA) is 105 Å². The van der Waals surface area contributed by atoms with Crippen LogP contribution in [0.25, 0.3) is 0 Å². The number of ether oxygens (including phenoxy) is 2. The summed E-state index contributed by atoms with van der Waals surface area (Å²) in [4.78, 5) is 28.2. The smallest absolute Gasteiger partial charge is 0.264 e. The van der Waals surface area contributed by atoms with E-state index >= 15 is 0 Å². The van der Waals surface area contributed by atoms with Gasteiger partial charge in [0.25, 0.3) is 10.0 Å². The number of hydrogen-bond donors (Lipinski definition) is 1. The molecule has 0 aromatic heterocycles. The van der Waals surface area contributed by atoms with Gasteiger partial charge in [0.2, 0.25) is 11.8 Å². The van der Waals surface area contributed by atoms with Gasteiger partial charge in [0.05, 0.1) is 24.8 Å². The standard InChI is InChI=1S/C29H34ClN3O6S/c1-6-25(29(35)31-3)32(18-21-10-8-7-9-20(21)2)28(34)19-33(23-13-11-22(30)12-14-23)40(36,37)24-15-16-26(38-4)27(17-24)39-5/h7-17,25H,6,18-19H2,1-5H3,(H,31,35)/t25-/m1/s1. The van der Waals surface area contributed by atoms with Crippen molar-refractivity contribution in [2.24, 2.45) is 0 Å². The number of methoxy groups -OCH3 is 2. The fourth-order valence-corrected chi connectivity index (χ4v) is 5.85. The van der Waals surface area contributed by atoms with Crippen molar-refractivity contribution >= 4 is 39.1 Å². The molecule has 0 unspecified atom stereocenters. The molecule has 0 bridgehead atoms. The second-order valence-electron chi connectivity index (χ2n) is 8.99. The van der Waals surface area contributed by atoms with Gasteiger partial charge >= 0.3 is 0 Å². The van der Waals surface area contributed by atoms with Crippen molar-refractivity contribution in [2.45, 2.75) is 37.8 Å². The van der Waals surface area contributed by atoms with Crippen molar-refractivity contribution in [3.63, 3.8) is 0 Å². The highest BCUT2D eigenvalue weighted by molar-refractivity contribution is 7.92. The number of sulfonamides is 1. The predicted molar refractivity (Wildman–Crippen MR) is 155 cm³/mol. The molecule has 0 fully saturated rings. The molecular formula is C29H34ClN3O6S. The summed E-state index contributed by atoms with van der Waals surface area (Å²) in [6.07, 6.45) is 0.334. The van der Waals surface area contributed by atoms with E-state index in [1.54, 1.807) is 19.1 Å². The summed E-state index contributed by atoms with van der Waals surface area (Å²) in [7, 11) is 0.0706. The first-order chi connectivity index (χ1) is 19.1. The van der Waals surface area contributed by atoms with Crippen LogP contribution in [0.3, 0.4) is 0 Å². The first-order valence-corrected chi connectivity index (χ1v) is 14.4. The van der Waals surface area contributed by atoms with Crippen LogP contribution < -0.4 is 19.1 Å². The van der Waals surface area contributed by atoms with Crippen LogP contribution in [-0.4, -0.2) is 59.0 Å². The number of nitrogens with one attached hydrogen (secondary N) is 1. The Morgan fingerprint density at radius 2 is 1.62 bits per heavy atom. The summed E-state index contributed by atoms with van der Waals surface area (Å²) in [5.74, 6) is -0.308. The Hall–Kier alpha value is -3.76. The van der Waals surface area contributed by atoms with Crippen LogP contribution in [-0.2, 0) is 26.2 Å². The molecule has 1 atom stereocenters. The number of hydrogen-bond acceptors (Lipinski definition) is 6. The molecule has 214 valence electrons. The number of rotatable bonds is 12. The van der Waals surface area contributed by atoms with Crippen LogP contribution in [0.1, 0.15) is 24.5 Å². The third kappa shape index (κ3) is 6.86. The molecule has 1 N–H and O–H groups in total. The van der Waals surface area contributed by atoms with Crippen LogP contribution in [0, 0.1) is 6.92 Å². The normalized spacial score (nSPS) is 11.8. The SMILES string of the molecule is CC[C@H](C(=O)NC)N(Cc1ccccc1C)C(=O)CN(c1ccc(Cl)cc1)S(=O)(=O)c1ccc(OC)c(OC)c1. The minimum atomic E-state index is -4.29. The molecule has 3 aromatic carbocycles. The lowest BCUT2D eigenvalue weighted by molar-refractivity contribution is -0.140. The van der Waals surface area contributed by atoms with Crippen LogP contribution >= 0.6 is 11.6 Å². The third-order valence-electron chi connectivity index (χ3n) is 6.57. The van der Waals surface area contributed by atoms with E-state index in [9.17, 15) is 18.0 Å². The number of carbonyl (C=O) groups is 2. The Kier molecular flexibility index (Phi) is 10.4. The van der Waals surface area contributed by atoms with Crippen LogP contribution in [0.5, 0.6) is 11.5 Å². The van der Waals surface area contributed by atoms with Gasteiger partial charge in [-0.3, -0.25) is 13.9 Å². The van der Waals surface area contributed by atoms with Crippen molar-refractivity contribution in [3.05, 3.63) is 82.9 Å². The first-order valence-electron chi connectivity index (χ1n) is 12.6. The number of anilines is 1. The molecule has 0 aliphatic carbocycles. The number of likely N-dealkylation sites (N-methyl/N-ethyl adjacent to an activating group) is 1. The zero-order valence-corrected chi connectivity index (χ0v) is 24.8. The van der Waals surface area contributed by atoms with Crippen LogP contribution in [0.2, 0.25) is 5.02 Å². The summed E-state index contributed by atoms with van der Waals surface area (Å²) in [5.41, 5.74) is 2.02. The summed E-state index contributed by atoms with van der Waals surface area (Å²) in [6.45, 7) is 3.29. The molecule has 11 heteroatoms. The number of benzene rings is 3. The molecule has 40 heavy (non-hydrogen) atoms. The van der Waals surface area contributed by atoms with E-state index in [0.29, 0.717) is 17.2 Å². The van der Waals surface area contributed by atoms with Crippen LogP contribution in [0.4, 0.5) is 5.69 Å². The molecule has 9 nitrogen and oxygen atoms in total. The molecule has 3 aromatic rings. The Morgan fingerprint density at radius 3 is 2.20 bits per heavy atom. The van der Waals surface area contributed by atoms with Gasteiger partial charge in [-0.1, -0.05) is 42.8 Å². The minimum absolute atomic E-state index is 0.100. The Morgan fingerprint density at radius 1 is 0.975 bits per heavy atom. The van der Waals surface area contributed by atoms with E-state index in [1.165, 1.54) is 56.5 Å². The molecule has 0 aliphatic rings. The number of halogens is 1. The van der Waals surface area contributed by atoms with E-state index in [1.807, 2.05) is 31.2 Å². The van der Waals surface area contributed by atoms with Crippen molar-refractivity contribution in [3.8, 4) is 11.5 Å². The molecule has 0 aliphatic heterocycles. The van der Waals surface area contributed by atoms with Gasteiger partial charge < -0.3 is 19.7 Å². The Bertz CT molecular complexity index is 1450. The van der Waals surface area contributed by atoms with Crippen molar-refractivity contribution in [1.29, 1.82) is 0 Å². The van der Waals surface area contributed by atoms with Crippen molar-refractivity contribution in [2.75, 3.05) is 32.1 Å². The van der Waals surface area contributed by atoms with Gasteiger partial charge in [-0.25, -0.2) is 8.42 Å². The Labute approximate surface area is 240 Å². The molecule has 0 saturated heterocycles. The predicted octanol–water partition coefficient (Wildman–Crippen LogP) is 4.41. The molecule has 0 spiro atoms. The average Bonchev–Trinajstić information content (AvgIpc) is 2.96. The zero-order valence-electron chi connectivity index (χ0n) is 23.2. The molecule has 0 radical (unpaired) electrons. The van der Waals surface area contributed by atoms with E-state index in [4.69, 9.17) is 21.1 Å². The van der Waals surface area contributed by atoms with E-state index in [-0.39, 0.29) is 28.8 Å². The summed E-state index contributed by atoms with van der Waals surface area (Å²) in [6, 6.07) is 17.1. The highest BCUT2D eigenvalue weighted by Gasteiger charge is 2.34. The fourth-order valence-electron chi connectivity index (χ4n) is 4.30. The molecule has 0 heterocycles. The lowest BCUT2D eigenvalue weighted by Crippen LogP contribution is -2.51. The maximum atomic E-state index is 14.0. The highest BCUT2D eigenvalue weighted by atomic mass is 35.5. The van der Waals surface area contributed by atoms with Gasteiger partial charge in [0.1, 0.15) is 12.6 Å². The highest BCUT2D eigenvalue weighted by Crippen LogP contribution is 2.33. The second kappa shape index (κ2) is 13.5. The van der Waals surface area contributed by atoms with Gasteiger partial charge in [0, 0.05) is 24.7 Å².